The normalized spacial score (nSPS) is 12.8. The molecule has 0 atom stereocenters. The fourth-order valence-electron chi connectivity index (χ4n) is 1.80. The fraction of sp³-hybridized carbons (Fsp3) is 0.250. The molecule has 1 aromatic heterocycles. The highest BCUT2D eigenvalue weighted by Crippen LogP contribution is 2.43. The first kappa shape index (κ1) is 15.7. The summed E-state index contributed by atoms with van der Waals surface area (Å²) in [4.78, 5) is 0. The zero-order valence-electron chi connectivity index (χ0n) is 10.3. The van der Waals surface area contributed by atoms with Gasteiger partial charge in [0.1, 0.15) is 5.02 Å². The summed E-state index contributed by atoms with van der Waals surface area (Å²) in [6, 6.07) is 5.62. The van der Waals surface area contributed by atoms with Crippen LogP contribution in [-0.4, -0.2) is 9.78 Å². The molecule has 0 N–H and O–H groups in total. The Morgan fingerprint density at radius 2 is 1.57 bits per heavy atom. The monoisotopic (exact) mass is 328 g/mol. The molecule has 2 rings (SSSR count). The standard InChI is InChI=1S/C12H7ClF6N2/c1-6-4-2-3-5-7(6)21-10(12(17,18)19)8(13)9(20-21)11(14,15)16/h2-5H,1H3. The Morgan fingerprint density at radius 1 is 1.00 bits per heavy atom. The molecule has 21 heavy (non-hydrogen) atoms. The van der Waals surface area contributed by atoms with Crippen molar-refractivity contribution in [1.82, 2.24) is 9.78 Å². The van der Waals surface area contributed by atoms with E-state index in [0.717, 1.165) is 0 Å². The number of para-hydroxylation sites is 1. The lowest BCUT2D eigenvalue weighted by Crippen LogP contribution is -2.14. The summed E-state index contributed by atoms with van der Waals surface area (Å²) in [6.07, 6.45) is -10.2. The minimum atomic E-state index is -5.08. The summed E-state index contributed by atoms with van der Waals surface area (Å²) in [5, 5.41) is 1.56. The highest BCUT2D eigenvalue weighted by molar-refractivity contribution is 6.32. The van der Waals surface area contributed by atoms with E-state index in [9.17, 15) is 26.3 Å². The lowest BCUT2D eigenvalue weighted by atomic mass is 10.2. The van der Waals surface area contributed by atoms with Crippen LogP contribution in [0.2, 0.25) is 5.02 Å². The Hall–Kier alpha value is -1.70. The summed E-state index contributed by atoms with van der Waals surface area (Å²) in [6.45, 7) is 1.46. The van der Waals surface area contributed by atoms with E-state index < -0.39 is 28.8 Å². The summed E-state index contributed by atoms with van der Waals surface area (Å²) in [5.74, 6) is 0. The highest BCUT2D eigenvalue weighted by atomic mass is 35.5. The maximum absolute atomic E-state index is 13.0. The van der Waals surface area contributed by atoms with Gasteiger partial charge in [0.25, 0.3) is 0 Å². The molecule has 1 aromatic carbocycles. The first-order chi connectivity index (χ1) is 9.53. The van der Waals surface area contributed by atoms with Gasteiger partial charge in [0, 0.05) is 0 Å². The lowest BCUT2D eigenvalue weighted by molar-refractivity contribution is -0.143. The fourth-order valence-corrected chi connectivity index (χ4v) is 2.13. The number of aryl methyl sites for hydroxylation is 1. The van der Waals surface area contributed by atoms with Gasteiger partial charge >= 0.3 is 12.4 Å². The second-order valence-corrected chi connectivity index (χ2v) is 4.58. The van der Waals surface area contributed by atoms with Crippen LogP contribution in [0.4, 0.5) is 26.3 Å². The van der Waals surface area contributed by atoms with E-state index in [0.29, 0.717) is 5.56 Å². The molecule has 1 heterocycles. The van der Waals surface area contributed by atoms with Crippen molar-refractivity contribution in [3.05, 3.63) is 46.2 Å². The molecule has 0 spiro atoms. The molecule has 0 saturated heterocycles. The Kier molecular flexibility index (Phi) is 3.69. The minimum Gasteiger partial charge on any atom is -0.226 e. The summed E-state index contributed by atoms with van der Waals surface area (Å²) in [7, 11) is 0. The van der Waals surface area contributed by atoms with Crippen molar-refractivity contribution in [1.29, 1.82) is 0 Å². The van der Waals surface area contributed by atoms with Crippen molar-refractivity contribution >= 4 is 11.6 Å². The number of benzene rings is 1. The van der Waals surface area contributed by atoms with Crippen LogP contribution in [0.3, 0.4) is 0 Å². The van der Waals surface area contributed by atoms with Crippen LogP contribution >= 0.6 is 11.6 Å². The molecule has 0 aliphatic carbocycles. The van der Waals surface area contributed by atoms with Gasteiger partial charge in [-0.2, -0.15) is 31.4 Å². The molecule has 0 saturated carbocycles. The molecule has 2 nitrogen and oxygen atoms in total. The number of rotatable bonds is 1. The van der Waals surface area contributed by atoms with Crippen LogP contribution in [0.25, 0.3) is 5.69 Å². The van der Waals surface area contributed by atoms with Gasteiger partial charge < -0.3 is 0 Å². The average molecular weight is 329 g/mol. The van der Waals surface area contributed by atoms with Gasteiger partial charge in [0.15, 0.2) is 11.4 Å². The van der Waals surface area contributed by atoms with Gasteiger partial charge in [-0.15, -0.1) is 0 Å². The predicted molar refractivity (Wildman–Crippen MR) is 63.3 cm³/mol. The topological polar surface area (TPSA) is 17.8 Å². The summed E-state index contributed by atoms with van der Waals surface area (Å²) >= 11 is 5.28. The van der Waals surface area contributed by atoms with E-state index in [1.807, 2.05) is 0 Å². The third-order valence-electron chi connectivity index (χ3n) is 2.71. The zero-order valence-corrected chi connectivity index (χ0v) is 11.1. The molecule has 0 bridgehead atoms. The van der Waals surface area contributed by atoms with Crippen LogP contribution in [-0.2, 0) is 12.4 Å². The predicted octanol–water partition coefficient (Wildman–Crippen LogP) is 4.87. The molecule has 0 aliphatic heterocycles. The van der Waals surface area contributed by atoms with Gasteiger partial charge in [-0.05, 0) is 18.6 Å². The molecule has 0 amide bonds. The molecule has 114 valence electrons. The van der Waals surface area contributed by atoms with Crippen molar-refractivity contribution in [2.75, 3.05) is 0 Å². The number of halogens is 7. The van der Waals surface area contributed by atoms with Crippen molar-refractivity contribution in [3.8, 4) is 5.69 Å². The van der Waals surface area contributed by atoms with E-state index in [-0.39, 0.29) is 10.4 Å². The van der Waals surface area contributed by atoms with E-state index in [1.165, 1.54) is 25.1 Å². The van der Waals surface area contributed by atoms with Gasteiger partial charge in [-0.25, -0.2) is 4.68 Å². The average Bonchev–Trinajstić information content (AvgIpc) is 2.66. The quantitative estimate of drug-likeness (QED) is 0.683. The van der Waals surface area contributed by atoms with Gasteiger partial charge in [-0.1, -0.05) is 29.8 Å². The van der Waals surface area contributed by atoms with Crippen molar-refractivity contribution in [2.45, 2.75) is 19.3 Å². The summed E-state index contributed by atoms with van der Waals surface area (Å²) < 4.78 is 77.4. The van der Waals surface area contributed by atoms with Gasteiger partial charge in [0.05, 0.1) is 5.69 Å². The number of alkyl halides is 6. The molecule has 0 radical (unpaired) electrons. The van der Waals surface area contributed by atoms with Crippen molar-refractivity contribution < 1.29 is 26.3 Å². The van der Waals surface area contributed by atoms with Crippen molar-refractivity contribution in [2.24, 2.45) is 0 Å². The largest absolute Gasteiger partial charge is 0.436 e. The van der Waals surface area contributed by atoms with E-state index in [4.69, 9.17) is 11.6 Å². The van der Waals surface area contributed by atoms with Crippen LogP contribution in [0.15, 0.2) is 24.3 Å². The lowest BCUT2D eigenvalue weighted by Gasteiger charge is -2.12. The van der Waals surface area contributed by atoms with Crippen LogP contribution in [0.1, 0.15) is 17.0 Å². The van der Waals surface area contributed by atoms with E-state index >= 15 is 0 Å². The summed E-state index contributed by atoms with van der Waals surface area (Å²) in [5.41, 5.74) is -3.20. The molecule has 2 aromatic rings. The molecule has 0 aliphatic rings. The highest BCUT2D eigenvalue weighted by Gasteiger charge is 2.46. The molecule has 0 fully saturated rings. The zero-order chi connectivity index (χ0) is 16.0. The Balaban J connectivity index is 2.80. The molecular weight excluding hydrogens is 322 g/mol. The Bertz CT molecular complexity index is 671. The Morgan fingerprint density at radius 3 is 2.05 bits per heavy atom. The minimum absolute atomic E-state index is 0.123. The number of hydrogen-bond donors (Lipinski definition) is 0. The number of nitrogens with zero attached hydrogens (tertiary/aromatic N) is 2. The van der Waals surface area contributed by atoms with Crippen LogP contribution in [0, 0.1) is 6.92 Å². The second kappa shape index (κ2) is 4.94. The smallest absolute Gasteiger partial charge is 0.226 e. The third-order valence-corrected chi connectivity index (χ3v) is 3.07. The maximum atomic E-state index is 13.0. The molecular formula is C12H7ClF6N2. The van der Waals surface area contributed by atoms with Crippen LogP contribution < -0.4 is 0 Å². The second-order valence-electron chi connectivity index (χ2n) is 4.21. The van der Waals surface area contributed by atoms with Crippen molar-refractivity contribution in [3.63, 3.8) is 0 Å². The number of aromatic nitrogens is 2. The first-order valence-corrected chi connectivity index (χ1v) is 5.90. The SMILES string of the molecule is Cc1ccccc1-n1nc(C(F)(F)F)c(Cl)c1C(F)(F)F. The Labute approximate surface area is 119 Å². The van der Waals surface area contributed by atoms with Gasteiger partial charge in [-0.3, -0.25) is 0 Å². The third kappa shape index (κ3) is 2.85. The van der Waals surface area contributed by atoms with Gasteiger partial charge in [0.2, 0.25) is 0 Å². The maximum Gasteiger partial charge on any atom is 0.436 e. The van der Waals surface area contributed by atoms with Crippen LogP contribution in [0.5, 0.6) is 0 Å². The molecule has 9 heteroatoms. The number of hydrogen-bond acceptors (Lipinski definition) is 1. The molecule has 0 unspecified atom stereocenters. The van der Waals surface area contributed by atoms with E-state index in [2.05, 4.69) is 5.10 Å². The first-order valence-electron chi connectivity index (χ1n) is 5.52. The van der Waals surface area contributed by atoms with E-state index in [1.54, 1.807) is 6.07 Å².